The topological polar surface area (TPSA) is 111 Å². The molecule has 2 aromatic rings. The fourth-order valence-corrected chi connectivity index (χ4v) is 6.29. The lowest BCUT2D eigenvalue weighted by molar-refractivity contribution is -0.120. The summed E-state index contributed by atoms with van der Waals surface area (Å²) in [6.07, 6.45) is 3.12. The first-order valence-electron chi connectivity index (χ1n) is 10.0. The van der Waals surface area contributed by atoms with E-state index in [1.807, 2.05) is 12.3 Å². The third-order valence-electron chi connectivity index (χ3n) is 5.44. The Balaban J connectivity index is 1.52. The Labute approximate surface area is 185 Å². The van der Waals surface area contributed by atoms with Gasteiger partial charge in [-0.25, -0.2) is 8.42 Å². The highest BCUT2D eigenvalue weighted by Crippen LogP contribution is 2.39. The minimum Gasteiger partial charge on any atom is -0.486 e. The van der Waals surface area contributed by atoms with Crippen LogP contribution in [0.2, 0.25) is 0 Å². The third kappa shape index (κ3) is 4.26. The van der Waals surface area contributed by atoms with Crippen molar-refractivity contribution in [1.82, 2.24) is 9.46 Å². The number of hydrogen-bond acceptors (Lipinski definition) is 8. The molecule has 2 aliphatic rings. The first-order valence-corrected chi connectivity index (χ1v) is 12.7. The molecule has 1 aromatic carbocycles. The van der Waals surface area contributed by atoms with Crippen molar-refractivity contribution in [2.45, 2.75) is 36.5 Å². The molecule has 1 saturated heterocycles. The molecule has 31 heavy (non-hydrogen) atoms. The van der Waals surface area contributed by atoms with Gasteiger partial charge in [0.2, 0.25) is 15.9 Å². The van der Waals surface area contributed by atoms with E-state index in [9.17, 15) is 13.2 Å². The lowest BCUT2D eigenvalue weighted by Crippen LogP contribution is -2.44. The van der Waals surface area contributed by atoms with Gasteiger partial charge < -0.3 is 19.3 Å². The Bertz CT molecular complexity index is 1080. The Kier molecular flexibility index (Phi) is 6.18. The van der Waals surface area contributed by atoms with Crippen LogP contribution in [0.15, 0.2) is 26.4 Å². The molecule has 1 aromatic heterocycles. The molecule has 9 nitrogen and oxygen atoms in total. The number of aromatic nitrogens is 1. The van der Waals surface area contributed by atoms with Gasteiger partial charge in [0.1, 0.15) is 23.8 Å². The van der Waals surface area contributed by atoms with Crippen LogP contribution in [-0.2, 0) is 14.8 Å². The van der Waals surface area contributed by atoms with Gasteiger partial charge in [-0.1, -0.05) is 5.16 Å². The van der Waals surface area contributed by atoms with Gasteiger partial charge in [-0.05, 0) is 39.0 Å². The molecule has 3 heterocycles. The van der Waals surface area contributed by atoms with Crippen molar-refractivity contribution in [3.8, 4) is 11.5 Å². The number of nitrogens with one attached hydrogen (secondary N) is 1. The molecule has 0 bridgehead atoms. The van der Waals surface area contributed by atoms with Gasteiger partial charge in [0, 0.05) is 24.1 Å². The molecule has 2 aliphatic heterocycles. The molecule has 4 rings (SSSR count). The second-order valence-corrected chi connectivity index (χ2v) is 10.3. The quantitative estimate of drug-likeness (QED) is 0.669. The summed E-state index contributed by atoms with van der Waals surface area (Å²) in [4.78, 5) is 14.0. The highest BCUT2D eigenvalue weighted by molar-refractivity contribution is 7.98. The van der Waals surface area contributed by atoms with Crippen molar-refractivity contribution in [2.75, 3.05) is 37.9 Å². The fraction of sp³-hybridized carbons (Fsp3) is 0.500. The first kappa shape index (κ1) is 22.0. The average molecular weight is 468 g/mol. The van der Waals surface area contributed by atoms with Crippen LogP contribution in [0.4, 0.5) is 5.69 Å². The smallest absolute Gasteiger partial charge is 0.248 e. The Morgan fingerprint density at radius 3 is 2.58 bits per heavy atom. The van der Waals surface area contributed by atoms with Crippen molar-refractivity contribution < 1.29 is 27.2 Å². The molecule has 0 aliphatic carbocycles. The molecule has 168 valence electrons. The van der Waals surface area contributed by atoms with E-state index in [-0.39, 0.29) is 23.1 Å². The minimum absolute atomic E-state index is 0.0880. The number of benzene rings is 1. The molecule has 1 unspecified atom stereocenters. The number of amides is 1. The minimum atomic E-state index is -3.79. The first-order chi connectivity index (χ1) is 14.8. The van der Waals surface area contributed by atoms with Crippen LogP contribution in [0.5, 0.6) is 11.5 Å². The van der Waals surface area contributed by atoms with Gasteiger partial charge >= 0.3 is 0 Å². The maximum atomic E-state index is 13.1. The van der Waals surface area contributed by atoms with Crippen molar-refractivity contribution in [1.29, 1.82) is 0 Å². The van der Waals surface area contributed by atoms with Crippen LogP contribution >= 0.6 is 11.8 Å². The molecule has 1 N–H and O–H groups in total. The van der Waals surface area contributed by atoms with Crippen LogP contribution in [0.25, 0.3) is 0 Å². The molecular formula is C20H25N3O6S2. The van der Waals surface area contributed by atoms with Crippen LogP contribution in [0.1, 0.15) is 24.3 Å². The van der Waals surface area contributed by atoms with Crippen LogP contribution in [0.3, 0.4) is 0 Å². The Hall–Kier alpha value is -2.24. The number of hydrogen-bond donors (Lipinski definition) is 1. The number of sulfonamides is 1. The molecule has 1 atom stereocenters. The number of carbonyl (C=O) groups is 1. The molecule has 0 saturated carbocycles. The Morgan fingerprint density at radius 1 is 1.23 bits per heavy atom. The number of thioether (sulfide) groups is 1. The van der Waals surface area contributed by atoms with Crippen molar-refractivity contribution >= 4 is 33.4 Å². The number of nitrogens with zero attached hydrogens (tertiary/aromatic N) is 2. The second-order valence-electron chi connectivity index (χ2n) is 7.54. The van der Waals surface area contributed by atoms with Gasteiger partial charge in [-0.2, -0.15) is 4.31 Å². The maximum absolute atomic E-state index is 13.1. The molecule has 0 radical (unpaired) electrons. The summed E-state index contributed by atoms with van der Waals surface area (Å²) in [6, 6.07) is 3.61. The highest BCUT2D eigenvalue weighted by atomic mass is 32.2. The van der Waals surface area contributed by atoms with E-state index in [4.69, 9.17) is 14.0 Å². The van der Waals surface area contributed by atoms with Crippen LogP contribution in [0, 0.1) is 19.8 Å². The number of aryl methyl sites for hydroxylation is 2. The lowest BCUT2D eigenvalue weighted by Gasteiger charge is -2.31. The fourth-order valence-electron chi connectivity index (χ4n) is 3.92. The number of carbonyl (C=O) groups excluding carboxylic acids is 1. The molecule has 0 spiro atoms. The van der Waals surface area contributed by atoms with E-state index < -0.39 is 15.9 Å². The predicted molar refractivity (Wildman–Crippen MR) is 115 cm³/mol. The maximum Gasteiger partial charge on any atom is 0.248 e. The normalized spacial score (nSPS) is 19.3. The number of anilines is 1. The average Bonchev–Trinajstić information content (AvgIpc) is 3.12. The van der Waals surface area contributed by atoms with E-state index in [1.54, 1.807) is 19.9 Å². The zero-order valence-corrected chi connectivity index (χ0v) is 19.3. The molecular weight excluding hydrogens is 442 g/mol. The summed E-state index contributed by atoms with van der Waals surface area (Å²) in [7, 11) is -3.79. The SMILES string of the molecule is CSc1cc2c(cc1NC(=O)C1CCCN(S(=O)(=O)c3c(C)noc3C)C1)OCCO2. The van der Waals surface area contributed by atoms with Gasteiger partial charge in [-0.15, -0.1) is 11.8 Å². The lowest BCUT2D eigenvalue weighted by atomic mass is 9.98. The number of rotatable bonds is 5. The summed E-state index contributed by atoms with van der Waals surface area (Å²) in [5.41, 5.74) is 0.956. The van der Waals surface area contributed by atoms with E-state index in [1.165, 1.54) is 16.1 Å². The summed E-state index contributed by atoms with van der Waals surface area (Å²) < 4.78 is 43.9. The Morgan fingerprint density at radius 2 is 1.94 bits per heavy atom. The monoisotopic (exact) mass is 467 g/mol. The standard InChI is InChI=1S/C20H25N3O6S2/c1-12-19(13(2)29-22-12)31(25,26)23-6-4-5-14(11-23)20(24)21-15-9-16-17(10-18(15)30-3)28-8-7-27-16/h9-10,14H,4-8,11H2,1-3H3,(H,21,24). The van der Waals surface area contributed by atoms with E-state index >= 15 is 0 Å². The summed E-state index contributed by atoms with van der Waals surface area (Å²) in [5.74, 6) is 0.816. The number of fused-ring (bicyclic) bond motifs is 1. The molecule has 11 heteroatoms. The highest BCUT2D eigenvalue weighted by Gasteiger charge is 2.36. The van der Waals surface area contributed by atoms with Gasteiger partial charge in [0.25, 0.3) is 0 Å². The van der Waals surface area contributed by atoms with Crippen LogP contribution < -0.4 is 14.8 Å². The van der Waals surface area contributed by atoms with Gasteiger partial charge in [0.15, 0.2) is 17.3 Å². The summed E-state index contributed by atoms with van der Waals surface area (Å²) >= 11 is 1.49. The molecule has 1 fully saturated rings. The third-order valence-corrected chi connectivity index (χ3v) is 8.33. The number of piperidine rings is 1. The van der Waals surface area contributed by atoms with Crippen molar-refractivity contribution in [3.63, 3.8) is 0 Å². The number of ether oxygens (including phenoxy) is 2. The zero-order chi connectivity index (χ0) is 22.2. The van der Waals surface area contributed by atoms with Gasteiger partial charge in [-0.3, -0.25) is 4.79 Å². The van der Waals surface area contributed by atoms with Gasteiger partial charge in [0.05, 0.1) is 11.6 Å². The predicted octanol–water partition coefficient (Wildman–Crippen LogP) is 2.82. The molecule has 1 amide bonds. The second kappa shape index (κ2) is 8.71. The summed E-state index contributed by atoms with van der Waals surface area (Å²) in [6.45, 7) is 4.59. The largest absolute Gasteiger partial charge is 0.486 e. The summed E-state index contributed by atoms with van der Waals surface area (Å²) in [5, 5.41) is 6.72. The van der Waals surface area contributed by atoms with E-state index in [0.29, 0.717) is 55.5 Å². The van der Waals surface area contributed by atoms with Crippen molar-refractivity contribution in [3.05, 3.63) is 23.6 Å². The van der Waals surface area contributed by atoms with E-state index in [0.717, 1.165) is 4.90 Å². The van der Waals surface area contributed by atoms with Crippen molar-refractivity contribution in [2.24, 2.45) is 5.92 Å². The zero-order valence-electron chi connectivity index (χ0n) is 17.6. The van der Waals surface area contributed by atoms with Crippen LogP contribution in [-0.4, -0.2) is 56.3 Å². The van der Waals surface area contributed by atoms with E-state index in [2.05, 4.69) is 10.5 Å².